The van der Waals surface area contributed by atoms with Crippen molar-refractivity contribution in [1.29, 1.82) is 0 Å². The smallest absolute Gasteiger partial charge is 0.339 e. The van der Waals surface area contributed by atoms with Crippen LogP contribution in [0.4, 0.5) is 11.4 Å². The first-order chi connectivity index (χ1) is 18.5. The van der Waals surface area contributed by atoms with Crippen molar-refractivity contribution in [3.63, 3.8) is 0 Å². The van der Waals surface area contributed by atoms with Crippen molar-refractivity contribution in [2.45, 2.75) is 46.0 Å². The minimum absolute atomic E-state index is 0.356. The van der Waals surface area contributed by atoms with E-state index in [-0.39, 0.29) is 11.8 Å². The molecular weight excluding hydrogens is 476 g/mol. The Balaban J connectivity index is 1.46. The maximum Gasteiger partial charge on any atom is 0.339 e. The van der Waals surface area contributed by atoms with E-state index in [2.05, 4.69) is 18.7 Å². The fraction of sp³-hybridized carbons (Fsp3) is 0.281. The number of carbonyl (C=O) groups is 3. The molecule has 6 nitrogen and oxygen atoms in total. The largest absolute Gasteiger partial charge is 0.423 e. The molecule has 0 saturated heterocycles. The molecule has 2 amide bonds. The third-order valence-electron chi connectivity index (χ3n) is 7.13. The molecule has 194 valence electrons. The van der Waals surface area contributed by atoms with Gasteiger partial charge in [0.1, 0.15) is 5.75 Å². The van der Waals surface area contributed by atoms with Gasteiger partial charge in [0.05, 0.1) is 5.69 Å². The molecule has 0 fully saturated rings. The average Bonchev–Trinajstić information content (AvgIpc) is 3.48. The molecule has 0 bridgehead atoms. The predicted octanol–water partition coefficient (Wildman–Crippen LogP) is 6.84. The zero-order valence-corrected chi connectivity index (χ0v) is 21.9. The van der Waals surface area contributed by atoms with E-state index in [4.69, 9.17) is 4.74 Å². The Morgan fingerprint density at radius 1 is 0.895 bits per heavy atom. The van der Waals surface area contributed by atoms with E-state index >= 15 is 0 Å². The number of benzene rings is 3. The number of anilines is 2. The van der Waals surface area contributed by atoms with Crippen molar-refractivity contribution >= 4 is 39.9 Å². The van der Waals surface area contributed by atoms with Gasteiger partial charge in [0, 0.05) is 46.2 Å². The summed E-state index contributed by atoms with van der Waals surface area (Å²) in [5.74, 6) is -0.761. The van der Waals surface area contributed by atoms with Gasteiger partial charge in [-0.25, -0.2) is 9.69 Å². The fourth-order valence-electron chi connectivity index (χ4n) is 5.08. The standard InChI is InChI=1S/C32H32N2O4/c1-3-5-20-33(21-6-4-2)28-19-18-27-29-25(28)12-9-13-26(29)30(35)34(31(27)36)23-14-16-24(17-15-23)38-32(37)22-10-7-8-11-22/h7-10,12-19H,3-6,11,20-21H2,1-2H3. The maximum atomic E-state index is 13.7. The predicted molar refractivity (Wildman–Crippen MR) is 151 cm³/mol. The quantitative estimate of drug-likeness (QED) is 0.170. The first-order valence-electron chi connectivity index (χ1n) is 13.4. The van der Waals surface area contributed by atoms with Crippen molar-refractivity contribution in [3.05, 3.63) is 89.5 Å². The summed E-state index contributed by atoms with van der Waals surface area (Å²) in [6.45, 7) is 6.24. The van der Waals surface area contributed by atoms with Crippen LogP contribution in [-0.2, 0) is 4.79 Å². The number of carbonyl (C=O) groups excluding carboxylic acids is 3. The lowest BCUT2D eigenvalue weighted by Gasteiger charge is -2.31. The van der Waals surface area contributed by atoms with Crippen LogP contribution in [0.5, 0.6) is 5.75 Å². The molecular formula is C32H32N2O4. The van der Waals surface area contributed by atoms with E-state index in [9.17, 15) is 14.4 Å². The van der Waals surface area contributed by atoms with E-state index in [0.717, 1.165) is 55.2 Å². The van der Waals surface area contributed by atoms with E-state index in [1.165, 1.54) is 4.90 Å². The van der Waals surface area contributed by atoms with Crippen LogP contribution in [0.2, 0.25) is 0 Å². The summed E-state index contributed by atoms with van der Waals surface area (Å²) >= 11 is 0. The van der Waals surface area contributed by atoms with E-state index in [1.807, 2.05) is 36.4 Å². The van der Waals surface area contributed by atoms with Gasteiger partial charge >= 0.3 is 5.97 Å². The third-order valence-corrected chi connectivity index (χ3v) is 7.13. The molecule has 0 radical (unpaired) electrons. The number of esters is 1. The molecule has 1 aliphatic heterocycles. The second-order valence-electron chi connectivity index (χ2n) is 9.71. The van der Waals surface area contributed by atoms with Gasteiger partial charge in [-0.15, -0.1) is 0 Å². The molecule has 0 atom stereocenters. The molecule has 5 rings (SSSR count). The van der Waals surface area contributed by atoms with E-state index in [1.54, 1.807) is 36.4 Å². The van der Waals surface area contributed by atoms with Gasteiger partial charge in [-0.1, -0.05) is 57.0 Å². The van der Waals surface area contributed by atoms with Crippen LogP contribution in [0.25, 0.3) is 10.8 Å². The van der Waals surface area contributed by atoms with Crippen LogP contribution in [0, 0.1) is 0 Å². The second kappa shape index (κ2) is 11.1. The van der Waals surface area contributed by atoms with E-state index in [0.29, 0.717) is 34.6 Å². The van der Waals surface area contributed by atoms with Gasteiger partial charge < -0.3 is 9.64 Å². The Hall–Kier alpha value is -4.19. The molecule has 2 aliphatic rings. The van der Waals surface area contributed by atoms with Gasteiger partial charge in [-0.05, 0) is 61.7 Å². The molecule has 0 saturated carbocycles. The van der Waals surface area contributed by atoms with Crippen molar-refractivity contribution in [1.82, 2.24) is 0 Å². The number of amides is 2. The number of nitrogens with zero attached hydrogens (tertiary/aromatic N) is 2. The molecule has 0 N–H and O–H groups in total. The van der Waals surface area contributed by atoms with Crippen molar-refractivity contribution in [2.24, 2.45) is 0 Å². The summed E-state index contributed by atoms with van der Waals surface area (Å²) in [4.78, 5) is 43.2. The zero-order chi connectivity index (χ0) is 26.6. The van der Waals surface area contributed by atoms with Gasteiger partial charge in [-0.3, -0.25) is 9.59 Å². The minimum Gasteiger partial charge on any atom is -0.423 e. The van der Waals surface area contributed by atoms with Gasteiger partial charge in [0.2, 0.25) is 0 Å². The van der Waals surface area contributed by atoms with Crippen molar-refractivity contribution < 1.29 is 19.1 Å². The SMILES string of the molecule is CCCCN(CCCC)c1ccc2c3c(cccc13)C(=O)N(c1ccc(OC(=O)C3=CC=CC3)cc1)C2=O. The normalized spacial score (nSPS) is 14.3. The number of allylic oxidation sites excluding steroid dienone is 3. The van der Waals surface area contributed by atoms with Crippen LogP contribution < -0.4 is 14.5 Å². The lowest BCUT2D eigenvalue weighted by Crippen LogP contribution is -2.40. The summed E-state index contributed by atoms with van der Waals surface area (Å²) in [7, 11) is 0. The van der Waals surface area contributed by atoms with Crippen LogP contribution in [0.3, 0.4) is 0 Å². The summed E-state index contributed by atoms with van der Waals surface area (Å²) in [5.41, 5.74) is 3.12. The summed E-state index contributed by atoms with van der Waals surface area (Å²) in [6, 6.07) is 16.1. The van der Waals surface area contributed by atoms with Gasteiger partial charge in [0.25, 0.3) is 11.8 Å². The number of unbranched alkanes of at least 4 members (excludes halogenated alkanes) is 2. The maximum absolute atomic E-state index is 13.7. The molecule has 1 aliphatic carbocycles. The molecule has 3 aromatic rings. The summed E-state index contributed by atoms with van der Waals surface area (Å²) < 4.78 is 5.45. The highest BCUT2D eigenvalue weighted by molar-refractivity contribution is 6.36. The van der Waals surface area contributed by atoms with Crippen molar-refractivity contribution in [3.8, 4) is 5.75 Å². The Bertz CT molecular complexity index is 1420. The van der Waals surface area contributed by atoms with Gasteiger partial charge in [0.15, 0.2) is 0 Å². The molecule has 0 spiro atoms. The number of imide groups is 1. The summed E-state index contributed by atoms with van der Waals surface area (Å²) in [5, 5.41) is 1.66. The van der Waals surface area contributed by atoms with Crippen molar-refractivity contribution in [2.75, 3.05) is 22.9 Å². The number of rotatable bonds is 10. The monoisotopic (exact) mass is 508 g/mol. The van der Waals surface area contributed by atoms with Crippen LogP contribution in [0.15, 0.2) is 78.4 Å². The minimum atomic E-state index is -0.406. The Morgan fingerprint density at radius 3 is 2.21 bits per heavy atom. The molecule has 1 heterocycles. The first kappa shape index (κ1) is 25.5. The zero-order valence-electron chi connectivity index (χ0n) is 21.9. The molecule has 3 aromatic carbocycles. The lowest BCUT2D eigenvalue weighted by atomic mass is 9.92. The second-order valence-corrected chi connectivity index (χ2v) is 9.71. The number of ether oxygens (including phenoxy) is 1. The van der Waals surface area contributed by atoms with Crippen LogP contribution >= 0.6 is 0 Å². The number of hydrogen-bond acceptors (Lipinski definition) is 5. The fourth-order valence-corrected chi connectivity index (χ4v) is 5.08. The first-order valence-corrected chi connectivity index (χ1v) is 13.4. The van der Waals surface area contributed by atoms with Crippen LogP contribution in [-0.4, -0.2) is 30.9 Å². The van der Waals surface area contributed by atoms with Crippen LogP contribution in [0.1, 0.15) is 66.7 Å². The highest BCUT2D eigenvalue weighted by Gasteiger charge is 2.35. The Kier molecular flexibility index (Phi) is 7.40. The molecule has 0 unspecified atom stereocenters. The molecule has 0 aromatic heterocycles. The number of hydrogen-bond donors (Lipinski definition) is 0. The van der Waals surface area contributed by atoms with Gasteiger partial charge in [-0.2, -0.15) is 0 Å². The third kappa shape index (κ3) is 4.74. The average molecular weight is 509 g/mol. The summed E-state index contributed by atoms with van der Waals surface area (Å²) in [6.07, 6.45) is 10.4. The van der Waals surface area contributed by atoms with E-state index < -0.39 is 5.97 Å². The Labute approximate surface area is 223 Å². The molecule has 6 heteroatoms. The molecule has 38 heavy (non-hydrogen) atoms. The topological polar surface area (TPSA) is 66.9 Å². The highest BCUT2D eigenvalue weighted by Crippen LogP contribution is 2.38. The highest BCUT2D eigenvalue weighted by atomic mass is 16.5. The Morgan fingerprint density at radius 2 is 1.58 bits per heavy atom. The lowest BCUT2D eigenvalue weighted by molar-refractivity contribution is -0.130.